The smallest absolute Gasteiger partial charge is 0.393 e. The number of hydrogen-bond acceptors (Lipinski definition) is 3. The number of nitrogens with zero attached hydrogens (tertiary/aromatic N) is 2. The quantitative estimate of drug-likeness (QED) is 0.852. The normalized spacial score (nSPS) is 25.9. The molecule has 0 radical (unpaired) electrons. The summed E-state index contributed by atoms with van der Waals surface area (Å²) in [5, 5.41) is 9.44. The first-order valence-electron chi connectivity index (χ1n) is 7.12. The van der Waals surface area contributed by atoms with Crippen molar-refractivity contribution in [1.82, 2.24) is 9.80 Å². The fourth-order valence-electron chi connectivity index (χ4n) is 3.05. The van der Waals surface area contributed by atoms with Crippen LogP contribution in [0.4, 0.5) is 13.2 Å². The van der Waals surface area contributed by atoms with Crippen LogP contribution >= 0.6 is 0 Å². The van der Waals surface area contributed by atoms with Gasteiger partial charge in [0.05, 0.1) is 12.6 Å². The lowest BCUT2D eigenvalue weighted by molar-refractivity contribution is -0.148. The van der Waals surface area contributed by atoms with Crippen LogP contribution in [0, 0.1) is 5.92 Å². The lowest BCUT2D eigenvalue weighted by atomic mass is 9.95. The Bertz CT molecular complexity index is 270. The summed E-state index contributed by atoms with van der Waals surface area (Å²) in [5.74, 6) is 0.514. The van der Waals surface area contributed by atoms with Crippen molar-refractivity contribution >= 4 is 0 Å². The Morgan fingerprint density at radius 1 is 0.895 bits per heavy atom. The van der Waals surface area contributed by atoms with Crippen molar-refractivity contribution in [2.75, 3.05) is 39.3 Å². The van der Waals surface area contributed by atoms with E-state index in [1.54, 1.807) is 0 Å². The highest BCUT2D eigenvalue weighted by molar-refractivity contribution is 4.79. The number of rotatable bonds is 3. The zero-order valence-corrected chi connectivity index (χ0v) is 11.2. The summed E-state index contributed by atoms with van der Waals surface area (Å²) in [7, 11) is 0. The van der Waals surface area contributed by atoms with Crippen molar-refractivity contribution in [3.05, 3.63) is 0 Å². The summed E-state index contributed by atoms with van der Waals surface area (Å²) in [6.45, 7) is 3.16. The van der Waals surface area contributed by atoms with Gasteiger partial charge in [-0.05, 0) is 44.7 Å². The molecule has 0 aliphatic carbocycles. The minimum absolute atomic E-state index is 0.162. The van der Waals surface area contributed by atoms with Gasteiger partial charge in [0.25, 0.3) is 0 Å². The number of alkyl halides is 3. The van der Waals surface area contributed by atoms with E-state index in [4.69, 9.17) is 0 Å². The maximum absolute atomic E-state index is 12.3. The van der Waals surface area contributed by atoms with Gasteiger partial charge >= 0.3 is 6.18 Å². The average Bonchev–Trinajstić information content (AvgIpc) is 2.33. The number of aliphatic hydroxyl groups excluding tert-OH is 1. The Balaban J connectivity index is 1.66. The van der Waals surface area contributed by atoms with Gasteiger partial charge in [-0.3, -0.25) is 4.90 Å². The van der Waals surface area contributed by atoms with E-state index in [0.29, 0.717) is 19.0 Å². The van der Waals surface area contributed by atoms with Crippen LogP contribution in [-0.4, -0.2) is 66.5 Å². The van der Waals surface area contributed by atoms with E-state index in [0.717, 1.165) is 45.3 Å². The molecular formula is C13H23F3N2O. The van der Waals surface area contributed by atoms with Crippen molar-refractivity contribution in [2.24, 2.45) is 5.92 Å². The maximum atomic E-state index is 12.3. The first-order chi connectivity index (χ1) is 8.92. The third kappa shape index (κ3) is 5.28. The Morgan fingerprint density at radius 3 is 1.95 bits per heavy atom. The predicted molar refractivity (Wildman–Crippen MR) is 66.9 cm³/mol. The van der Waals surface area contributed by atoms with Crippen LogP contribution < -0.4 is 0 Å². The summed E-state index contributed by atoms with van der Waals surface area (Å²) in [5.41, 5.74) is 0. The van der Waals surface area contributed by atoms with Gasteiger partial charge in [-0.15, -0.1) is 0 Å². The highest BCUT2D eigenvalue weighted by atomic mass is 19.4. The summed E-state index contributed by atoms with van der Waals surface area (Å²) in [6, 6.07) is 0. The molecule has 2 saturated heterocycles. The number of piperidine rings is 2. The Labute approximate surface area is 112 Å². The summed E-state index contributed by atoms with van der Waals surface area (Å²) < 4.78 is 36.8. The van der Waals surface area contributed by atoms with Crippen LogP contribution in [0.25, 0.3) is 0 Å². The molecule has 19 heavy (non-hydrogen) atoms. The zero-order valence-electron chi connectivity index (χ0n) is 11.2. The van der Waals surface area contributed by atoms with Gasteiger partial charge in [0.1, 0.15) is 0 Å². The fraction of sp³-hybridized carbons (Fsp3) is 1.00. The van der Waals surface area contributed by atoms with Crippen molar-refractivity contribution in [3.63, 3.8) is 0 Å². The third-order valence-corrected chi connectivity index (χ3v) is 4.18. The molecule has 0 unspecified atom stereocenters. The van der Waals surface area contributed by atoms with E-state index in [1.165, 1.54) is 4.90 Å². The van der Waals surface area contributed by atoms with Gasteiger partial charge in [0, 0.05) is 19.6 Å². The molecule has 0 atom stereocenters. The van der Waals surface area contributed by atoms with Crippen LogP contribution in [-0.2, 0) is 0 Å². The lowest BCUT2D eigenvalue weighted by Gasteiger charge is -2.37. The van der Waals surface area contributed by atoms with Gasteiger partial charge in [0.2, 0.25) is 0 Å². The Hall–Kier alpha value is -0.330. The highest BCUT2D eigenvalue weighted by Crippen LogP contribution is 2.24. The van der Waals surface area contributed by atoms with Crippen LogP contribution in [0.15, 0.2) is 0 Å². The first kappa shape index (κ1) is 15.1. The molecule has 2 rings (SSSR count). The molecule has 0 aromatic carbocycles. The van der Waals surface area contributed by atoms with Crippen LogP contribution in [0.2, 0.25) is 0 Å². The van der Waals surface area contributed by atoms with Gasteiger partial charge in [-0.25, -0.2) is 0 Å². The highest BCUT2D eigenvalue weighted by Gasteiger charge is 2.32. The molecule has 1 N–H and O–H groups in total. The molecule has 0 spiro atoms. The Morgan fingerprint density at radius 2 is 1.42 bits per heavy atom. The van der Waals surface area contributed by atoms with Crippen molar-refractivity contribution in [2.45, 2.75) is 38.0 Å². The second kappa shape index (κ2) is 6.41. The number of aliphatic hydroxyl groups is 1. The SMILES string of the molecule is OC1CCN(CC2CCN(CC(F)(F)F)CC2)CC1. The van der Waals surface area contributed by atoms with Crippen molar-refractivity contribution < 1.29 is 18.3 Å². The molecule has 2 fully saturated rings. The minimum atomic E-state index is -4.07. The molecule has 0 amide bonds. The summed E-state index contributed by atoms with van der Waals surface area (Å²) in [4.78, 5) is 3.85. The second-order valence-corrected chi connectivity index (χ2v) is 5.87. The second-order valence-electron chi connectivity index (χ2n) is 5.87. The molecule has 2 heterocycles. The summed E-state index contributed by atoms with van der Waals surface area (Å²) in [6.07, 6.45) is -0.871. The monoisotopic (exact) mass is 280 g/mol. The molecule has 2 aliphatic heterocycles. The zero-order chi connectivity index (χ0) is 13.9. The van der Waals surface area contributed by atoms with E-state index < -0.39 is 12.7 Å². The summed E-state index contributed by atoms with van der Waals surface area (Å²) >= 11 is 0. The largest absolute Gasteiger partial charge is 0.401 e. The van der Waals surface area contributed by atoms with Gasteiger partial charge in [-0.2, -0.15) is 13.2 Å². The third-order valence-electron chi connectivity index (χ3n) is 4.18. The van der Waals surface area contributed by atoms with E-state index in [2.05, 4.69) is 4.90 Å². The Kier molecular flexibility index (Phi) is 5.09. The molecule has 6 heteroatoms. The molecule has 0 bridgehead atoms. The van der Waals surface area contributed by atoms with Crippen molar-refractivity contribution in [1.29, 1.82) is 0 Å². The number of hydrogen-bond donors (Lipinski definition) is 1. The molecule has 0 aromatic heterocycles. The van der Waals surface area contributed by atoms with E-state index >= 15 is 0 Å². The molecular weight excluding hydrogens is 257 g/mol. The van der Waals surface area contributed by atoms with E-state index in [9.17, 15) is 18.3 Å². The molecule has 3 nitrogen and oxygen atoms in total. The minimum Gasteiger partial charge on any atom is -0.393 e. The van der Waals surface area contributed by atoms with E-state index in [1.807, 2.05) is 0 Å². The molecule has 112 valence electrons. The van der Waals surface area contributed by atoms with Crippen LogP contribution in [0.5, 0.6) is 0 Å². The van der Waals surface area contributed by atoms with Crippen LogP contribution in [0.1, 0.15) is 25.7 Å². The van der Waals surface area contributed by atoms with Gasteiger partial charge < -0.3 is 10.0 Å². The van der Waals surface area contributed by atoms with Gasteiger partial charge in [-0.1, -0.05) is 0 Å². The fourth-order valence-corrected chi connectivity index (χ4v) is 3.05. The van der Waals surface area contributed by atoms with E-state index in [-0.39, 0.29) is 6.10 Å². The van der Waals surface area contributed by atoms with Crippen molar-refractivity contribution in [3.8, 4) is 0 Å². The standard InChI is InChI=1S/C13H23F3N2O/c14-13(15,16)10-18-5-1-11(2-6-18)9-17-7-3-12(19)4-8-17/h11-12,19H,1-10H2. The van der Waals surface area contributed by atoms with Crippen LogP contribution in [0.3, 0.4) is 0 Å². The molecule has 0 saturated carbocycles. The lowest BCUT2D eigenvalue weighted by Crippen LogP contribution is -2.44. The first-order valence-corrected chi connectivity index (χ1v) is 7.12. The maximum Gasteiger partial charge on any atom is 0.401 e. The number of likely N-dealkylation sites (tertiary alicyclic amines) is 2. The number of halogens is 3. The molecule has 0 aromatic rings. The predicted octanol–water partition coefficient (Wildman–Crippen LogP) is 1.72. The molecule has 2 aliphatic rings. The topological polar surface area (TPSA) is 26.7 Å². The van der Waals surface area contributed by atoms with Gasteiger partial charge in [0.15, 0.2) is 0 Å². The average molecular weight is 280 g/mol.